The molecule has 0 aromatic heterocycles. The molecule has 0 saturated carbocycles. The summed E-state index contributed by atoms with van der Waals surface area (Å²) in [6.07, 6.45) is 3.36. The zero-order chi connectivity index (χ0) is 11.3. The predicted octanol–water partition coefficient (Wildman–Crippen LogP) is 2.13. The molecule has 0 bridgehead atoms. The summed E-state index contributed by atoms with van der Waals surface area (Å²) in [7, 11) is 0. The second-order valence-electron chi connectivity index (χ2n) is 2.85. The van der Waals surface area contributed by atoms with Gasteiger partial charge in [-0.2, -0.15) is 4.39 Å². The van der Waals surface area contributed by atoms with E-state index in [0.717, 1.165) is 6.07 Å². The average Bonchev–Trinajstić information content (AvgIpc) is 2.20. The van der Waals surface area contributed by atoms with Crippen molar-refractivity contribution in [2.75, 3.05) is 6.61 Å². The van der Waals surface area contributed by atoms with E-state index in [1.165, 1.54) is 18.2 Å². The van der Waals surface area contributed by atoms with Crippen molar-refractivity contribution < 1.29 is 14.4 Å². The van der Waals surface area contributed by atoms with Crippen molar-refractivity contribution in [2.24, 2.45) is 0 Å². The van der Waals surface area contributed by atoms with Crippen molar-refractivity contribution in [1.29, 1.82) is 0 Å². The highest BCUT2D eigenvalue weighted by atomic mass is 19.1. The van der Waals surface area contributed by atoms with E-state index < -0.39 is 16.4 Å². The number of benzene rings is 1. The van der Waals surface area contributed by atoms with Crippen LogP contribution >= 0.6 is 0 Å². The summed E-state index contributed by atoms with van der Waals surface area (Å²) in [4.78, 5) is 9.64. The van der Waals surface area contributed by atoms with E-state index in [4.69, 9.17) is 5.11 Å². The third-order valence-corrected chi connectivity index (χ3v) is 1.80. The Hall–Kier alpha value is -1.75. The Balaban J connectivity index is 2.99. The molecule has 0 spiro atoms. The molecule has 0 amide bonds. The van der Waals surface area contributed by atoms with Crippen LogP contribution in [0.4, 0.5) is 10.1 Å². The molecule has 1 aromatic carbocycles. The number of aliphatic hydroxyl groups is 1. The molecule has 0 aliphatic heterocycles. The molecule has 4 nitrogen and oxygen atoms in total. The summed E-state index contributed by atoms with van der Waals surface area (Å²) in [6.45, 7) is -0.0347. The van der Waals surface area contributed by atoms with Crippen LogP contribution in [-0.2, 0) is 0 Å². The molecule has 0 unspecified atom stereocenters. The Morgan fingerprint density at radius 2 is 2.27 bits per heavy atom. The fraction of sp³-hybridized carbons (Fsp3) is 0.200. The maximum atomic E-state index is 13.4. The van der Waals surface area contributed by atoms with Gasteiger partial charge in [-0.1, -0.05) is 24.3 Å². The van der Waals surface area contributed by atoms with E-state index >= 15 is 0 Å². The van der Waals surface area contributed by atoms with Crippen LogP contribution in [0.3, 0.4) is 0 Å². The average molecular weight is 211 g/mol. The van der Waals surface area contributed by atoms with Crippen LogP contribution in [0.2, 0.25) is 0 Å². The largest absolute Gasteiger partial charge is 0.396 e. The van der Waals surface area contributed by atoms with Crippen molar-refractivity contribution in [1.82, 2.24) is 0 Å². The first kappa shape index (κ1) is 11.3. The number of halogens is 1. The molecule has 0 aliphatic carbocycles. The van der Waals surface area contributed by atoms with E-state index in [1.54, 1.807) is 6.08 Å². The van der Waals surface area contributed by atoms with Crippen molar-refractivity contribution >= 4 is 11.8 Å². The molecule has 15 heavy (non-hydrogen) atoms. The lowest BCUT2D eigenvalue weighted by molar-refractivity contribution is -0.387. The van der Waals surface area contributed by atoms with Gasteiger partial charge in [-0.3, -0.25) is 10.1 Å². The Kier molecular flexibility index (Phi) is 3.93. The molecule has 1 N–H and O–H groups in total. The van der Waals surface area contributed by atoms with Crippen LogP contribution in [0.15, 0.2) is 24.3 Å². The normalized spacial score (nSPS) is 10.8. The number of nitrogens with zero attached hydrogens (tertiary/aromatic N) is 1. The van der Waals surface area contributed by atoms with Crippen molar-refractivity contribution in [3.05, 3.63) is 45.8 Å². The topological polar surface area (TPSA) is 63.4 Å². The lowest BCUT2D eigenvalue weighted by atomic mass is 10.1. The number of aliphatic hydroxyl groups excluding tert-OH is 1. The summed E-state index contributed by atoms with van der Waals surface area (Å²) < 4.78 is 13.4. The van der Waals surface area contributed by atoms with E-state index in [9.17, 15) is 14.5 Å². The zero-order valence-corrected chi connectivity index (χ0v) is 7.89. The second kappa shape index (κ2) is 5.21. The van der Waals surface area contributed by atoms with Gasteiger partial charge in [0.05, 0.1) is 4.92 Å². The molecule has 0 heterocycles. The zero-order valence-electron chi connectivity index (χ0n) is 7.89. The second-order valence-corrected chi connectivity index (χ2v) is 2.85. The number of hydrogen-bond acceptors (Lipinski definition) is 3. The van der Waals surface area contributed by atoms with Crippen LogP contribution in [0, 0.1) is 15.9 Å². The van der Waals surface area contributed by atoms with Crippen molar-refractivity contribution in [3.8, 4) is 0 Å². The lowest BCUT2D eigenvalue weighted by Crippen LogP contribution is -1.94. The van der Waals surface area contributed by atoms with Crippen LogP contribution in [-0.4, -0.2) is 16.6 Å². The van der Waals surface area contributed by atoms with Gasteiger partial charge in [0.25, 0.3) is 0 Å². The van der Waals surface area contributed by atoms with Crippen LogP contribution in [0.25, 0.3) is 6.08 Å². The van der Waals surface area contributed by atoms with E-state index in [-0.39, 0.29) is 12.2 Å². The number of hydrogen-bond donors (Lipinski definition) is 1. The highest BCUT2D eigenvalue weighted by Crippen LogP contribution is 2.21. The Morgan fingerprint density at radius 1 is 1.53 bits per heavy atom. The first-order valence-electron chi connectivity index (χ1n) is 4.37. The van der Waals surface area contributed by atoms with Gasteiger partial charge in [-0.25, -0.2) is 0 Å². The molecule has 0 aliphatic rings. The quantitative estimate of drug-likeness (QED) is 0.612. The Bertz CT molecular complexity index is 390. The first-order valence-corrected chi connectivity index (χ1v) is 4.37. The summed E-state index contributed by atoms with van der Waals surface area (Å²) in [5.74, 6) is -0.850. The smallest absolute Gasteiger partial charge is 0.305 e. The van der Waals surface area contributed by atoms with Gasteiger partial charge in [-0.15, -0.1) is 0 Å². The van der Waals surface area contributed by atoms with E-state index in [0.29, 0.717) is 6.42 Å². The van der Waals surface area contributed by atoms with Crippen LogP contribution in [0.1, 0.15) is 12.0 Å². The SMILES string of the molecule is O=[N+]([O-])c1cccc(C=CCCO)c1F. The summed E-state index contributed by atoms with van der Waals surface area (Å²) in [6, 6.07) is 3.97. The molecular weight excluding hydrogens is 201 g/mol. The van der Waals surface area contributed by atoms with Gasteiger partial charge in [0, 0.05) is 18.2 Å². The van der Waals surface area contributed by atoms with Gasteiger partial charge < -0.3 is 5.11 Å². The van der Waals surface area contributed by atoms with Crippen LogP contribution in [0.5, 0.6) is 0 Å². The minimum absolute atomic E-state index is 0.0347. The molecule has 1 rings (SSSR count). The predicted molar refractivity (Wildman–Crippen MR) is 53.8 cm³/mol. The highest BCUT2D eigenvalue weighted by Gasteiger charge is 2.15. The molecule has 5 heteroatoms. The van der Waals surface area contributed by atoms with Gasteiger partial charge in [0.15, 0.2) is 0 Å². The van der Waals surface area contributed by atoms with Gasteiger partial charge in [0.2, 0.25) is 5.82 Å². The molecule has 0 saturated heterocycles. The number of nitro benzene ring substituents is 1. The van der Waals surface area contributed by atoms with Gasteiger partial charge in [0.1, 0.15) is 0 Å². The molecule has 80 valence electrons. The molecule has 0 atom stereocenters. The maximum absolute atomic E-state index is 13.4. The summed E-state index contributed by atoms with van der Waals surface area (Å²) in [5.41, 5.74) is -0.390. The molecule has 0 fully saturated rings. The summed E-state index contributed by atoms with van der Waals surface area (Å²) >= 11 is 0. The molecule has 0 radical (unpaired) electrons. The first-order chi connectivity index (χ1) is 7.16. The minimum atomic E-state index is -0.850. The fourth-order valence-corrected chi connectivity index (χ4v) is 1.09. The number of rotatable bonds is 4. The van der Waals surface area contributed by atoms with E-state index in [1.807, 2.05) is 0 Å². The third kappa shape index (κ3) is 2.85. The molecule has 1 aromatic rings. The maximum Gasteiger partial charge on any atom is 0.305 e. The van der Waals surface area contributed by atoms with Crippen LogP contribution < -0.4 is 0 Å². The lowest BCUT2D eigenvalue weighted by Gasteiger charge is -1.97. The fourth-order valence-electron chi connectivity index (χ4n) is 1.09. The van der Waals surface area contributed by atoms with Crippen molar-refractivity contribution in [2.45, 2.75) is 6.42 Å². The van der Waals surface area contributed by atoms with E-state index in [2.05, 4.69) is 0 Å². The Labute approximate surface area is 85.8 Å². The standard InChI is InChI=1S/C10H10FNO3/c11-10-8(4-1-2-7-13)5-3-6-9(10)12(14)15/h1,3-6,13H,2,7H2. The summed E-state index contributed by atoms with van der Waals surface area (Å²) in [5, 5.41) is 18.9. The molecular formula is C10H10FNO3. The van der Waals surface area contributed by atoms with Crippen molar-refractivity contribution in [3.63, 3.8) is 0 Å². The third-order valence-electron chi connectivity index (χ3n) is 1.80. The monoisotopic (exact) mass is 211 g/mol. The van der Waals surface area contributed by atoms with Gasteiger partial charge in [-0.05, 0) is 6.42 Å². The number of nitro groups is 1. The minimum Gasteiger partial charge on any atom is -0.396 e. The Morgan fingerprint density at radius 3 is 2.87 bits per heavy atom. The van der Waals surface area contributed by atoms with Gasteiger partial charge >= 0.3 is 5.69 Å². The highest BCUT2D eigenvalue weighted by molar-refractivity contribution is 5.54.